The van der Waals surface area contributed by atoms with Gasteiger partial charge >= 0.3 is 5.97 Å². The molecule has 8 nitrogen and oxygen atoms in total. The molecular formula is C18H23N3O5. The number of hydrogen-bond acceptors (Lipinski definition) is 6. The number of carbonyl (C=O) groups is 2. The summed E-state index contributed by atoms with van der Waals surface area (Å²) in [4.78, 5) is 34.3. The lowest BCUT2D eigenvalue weighted by atomic mass is 9.97. The molecule has 0 heterocycles. The fourth-order valence-electron chi connectivity index (χ4n) is 2.73. The number of amides is 1. The number of nitrogens with two attached hydrogens (primary N) is 1. The van der Waals surface area contributed by atoms with Gasteiger partial charge in [0.05, 0.1) is 10.5 Å². The number of benzene rings is 1. The Morgan fingerprint density at radius 2 is 2.15 bits per heavy atom. The van der Waals surface area contributed by atoms with Crippen LogP contribution in [0.1, 0.15) is 49.4 Å². The van der Waals surface area contributed by atoms with E-state index in [0.29, 0.717) is 6.54 Å². The van der Waals surface area contributed by atoms with E-state index in [9.17, 15) is 19.7 Å². The molecule has 2 rings (SSSR count). The summed E-state index contributed by atoms with van der Waals surface area (Å²) in [6.07, 6.45) is 6.55. The fourth-order valence-corrected chi connectivity index (χ4v) is 2.73. The number of allylic oxidation sites excluding steroid dienone is 1. The number of rotatable bonds is 7. The highest BCUT2D eigenvalue weighted by molar-refractivity contribution is 5.93. The van der Waals surface area contributed by atoms with Crippen molar-refractivity contribution in [2.45, 2.75) is 45.1 Å². The molecule has 1 aliphatic carbocycles. The quantitative estimate of drug-likeness (QED) is 0.253. The highest BCUT2D eigenvalue weighted by atomic mass is 16.6. The summed E-state index contributed by atoms with van der Waals surface area (Å²) < 4.78 is 5.09. The molecule has 26 heavy (non-hydrogen) atoms. The largest absolute Gasteiger partial charge is 0.449 e. The topological polar surface area (TPSA) is 125 Å². The van der Waals surface area contributed by atoms with Gasteiger partial charge in [-0.3, -0.25) is 14.9 Å². The first kappa shape index (κ1) is 19.4. The average Bonchev–Trinajstić information content (AvgIpc) is 2.62. The van der Waals surface area contributed by atoms with E-state index in [2.05, 4.69) is 11.4 Å². The van der Waals surface area contributed by atoms with E-state index in [-0.39, 0.29) is 16.9 Å². The molecule has 1 aromatic rings. The second-order valence-electron chi connectivity index (χ2n) is 6.23. The molecule has 3 N–H and O–H groups in total. The van der Waals surface area contributed by atoms with E-state index in [1.54, 1.807) is 0 Å². The van der Waals surface area contributed by atoms with Crippen LogP contribution in [-0.2, 0) is 9.53 Å². The van der Waals surface area contributed by atoms with Crippen molar-refractivity contribution in [3.05, 3.63) is 45.5 Å². The first-order valence-electron chi connectivity index (χ1n) is 8.59. The summed E-state index contributed by atoms with van der Waals surface area (Å²) in [5.41, 5.74) is 6.38. The molecule has 0 fully saturated rings. The van der Waals surface area contributed by atoms with Crippen LogP contribution in [0, 0.1) is 10.1 Å². The minimum absolute atomic E-state index is 0.0297. The van der Waals surface area contributed by atoms with Crippen LogP contribution in [0.15, 0.2) is 29.8 Å². The Kier molecular flexibility index (Phi) is 6.71. The first-order valence-corrected chi connectivity index (χ1v) is 8.59. The van der Waals surface area contributed by atoms with Crippen LogP contribution >= 0.6 is 0 Å². The van der Waals surface area contributed by atoms with Crippen molar-refractivity contribution >= 4 is 23.3 Å². The monoisotopic (exact) mass is 361 g/mol. The third-order valence-electron chi connectivity index (χ3n) is 4.25. The average molecular weight is 361 g/mol. The van der Waals surface area contributed by atoms with E-state index in [0.717, 1.165) is 25.3 Å². The van der Waals surface area contributed by atoms with Crippen molar-refractivity contribution in [2.75, 3.05) is 12.3 Å². The molecule has 1 aliphatic rings. The van der Waals surface area contributed by atoms with Crippen LogP contribution in [0.3, 0.4) is 0 Å². The van der Waals surface area contributed by atoms with Crippen LogP contribution in [0.2, 0.25) is 0 Å². The Bertz CT molecular complexity index is 730. The standard InChI is InChI=1S/C18H23N3O5/c1-12(17(22)20-10-9-13-5-3-2-4-6-13)26-18(23)14-7-8-15(19)16(11-14)21(24)25/h5,7-8,11-12H,2-4,6,9-10,19H2,1H3,(H,20,22)/t12-/m0/s1. The number of carbonyl (C=O) groups excluding carboxylic acids is 2. The predicted molar refractivity (Wildman–Crippen MR) is 96.6 cm³/mol. The van der Waals surface area contributed by atoms with Gasteiger partial charge in [0, 0.05) is 12.6 Å². The molecule has 0 saturated carbocycles. The van der Waals surface area contributed by atoms with E-state index < -0.39 is 22.9 Å². The molecule has 8 heteroatoms. The van der Waals surface area contributed by atoms with Crippen molar-refractivity contribution in [1.82, 2.24) is 5.32 Å². The molecule has 140 valence electrons. The Hall–Kier alpha value is -2.90. The summed E-state index contributed by atoms with van der Waals surface area (Å²) in [5.74, 6) is -1.22. The number of nitro groups is 1. The second-order valence-corrected chi connectivity index (χ2v) is 6.23. The number of nitrogens with one attached hydrogen (secondary N) is 1. The summed E-state index contributed by atoms with van der Waals surface area (Å²) >= 11 is 0. The Morgan fingerprint density at radius 3 is 2.81 bits per heavy atom. The van der Waals surface area contributed by atoms with Gasteiger partial charge < -0.3 is 15.8 Å². The smallest absolute Gasteiger partial charge is 0.339 e. The number of ether oxygens (including phenoxy) is 1. The highest BCUT2D eigenvalue weighted by Gasteiger charge is 2.21. The zero-order valence-electron chi connectivity index (χ0n) is 14.7. The SMILES string of the molecule is C[C@H](OC(=O)c1ccc(N)c([N+](=O)[O-])c1)C(=O)NCCC1=CCCCC1. The maximum absolute atomic E-state index is 12.1. The van der Waals surface area contributed by atoms with Crippen molar-refractivity contribution in [3.63, 3.8) is 0 Å². The summed E-state index contributed by atoms with van der Waals surface area (Å²) in [6.45, 7) is 1.94. The summed E-state index contributed by atoms with van der Waals surface area (Å²) in [6, 6.07) is 3.63. The maximum atomic E-state index is 12.1. The molecule has 1 aromatic carbocycles. The first-order chi connectivity index (χ1) is 12.4. The van der Waals surface area contributed by atoms with Gasteiger partial charge in [0.1, 0.15) is 5.69 Å². The molecule has 0 radical (unpaired) electrons. The van der Waals surface area contributed by atoms with Crippen molar-refractivity contribution in [1.29, 1.82) is 0 Å². The molecule has 0 saturated heterocycles. The van der Waals surface area contributed by atoms with Crippen LogP contribution in [0.5, 0.6) is 0 Å². The lowest BCUT2D eigenvalue weighted by Crippen LogP contribution is -2.36. The summed E-state index contributed by atoms with van der Waals surface area (Å²) in [7, 11) is 0. The van der Waals surface area contributed by atoms with Gasteiger partial charge in [-0.25, -0.2) is 4.79 Å². The van der Waals surface area contributed by atoms with Crippen molar-refractivity contribution in [2.24, 2.45) is 0 Å². The number of nitro benzene ring substituents is 1. The minimum Gasteiger partial charge on any atom is -0.449 e. The number of hydrogen-bond donors (Lipinski definition) is 2. The summed E-state index contributed by atoms with van der Waals surface area (Å²) in [5, 5.41) is 13.6. The number of nitrogen functional groups attached to an aromatic ring is 1. The number of nitrogens with zero attached hydrogens (tertiary/aromatic N) is 1. The van der Waals surface area contributed by atoms with Gasteiger partial charge in [0.2, 0.25) is 0 Å². The Balaban J connectivity index is 1.85. The number of anilines is 1. The zero-order chi connectivity index (χ0) is 19.1. The van der Waals surface area contributed by atoms with Gasteiger partial charge in [0.25, 0.3) is 11.6 Å². The molecule has 0 unspecified atom stereocenters. The second kappa shape index (κ2) is 8.98. The Morgan fingerprint density at radius 1 is 1.38 bits per heavy atom. The zero-order valence-corrected chi connectivity index (χ0v) is 14.7. The van der Waals surface area contributed by atoms with Gasteiger partial charge in [-0.2, -0.15) is 0 Å². The normalized spacial score (nSPS) is 14.9. The number of esters is 1. The van der Waals surface area contributed by atoms with Gasteiger partial charge in [-0.1, -0.05) is 11.6 Å². The molecular weight excluding hydrogens is 338 g/mol. The molecule has 0 aromatic heterocycles. The minimum atomic E-state index is -1.00. The molecule has 0 spiro atoms. The fraction of sp³-hybridized carbons (Fsp3) is 0.444. The van der Waals surface area contributed by atoms with E-state index in [1.165, 1.54) is 37.5 Å². The third kappa shape index (κ3) is 5.30. The van der Waals surface area contributed by atoms with Gasteiger partial charge in [-0.05, 0) is 51.2 Å². The third-order valence-corrected chi connectivity index (χ3v) is 4.25. The van der Waals surface area contributed by atoms with Crippen LogP contribution in [-0.4, -0.2) is 29.4 Å². The van der Waals surface area contributed by atoms with E-state index >= 15 is 0 Å². The highest BCUT2D eigenvalue weighted by Crippen LogP contribution is 2.23. The van der Waals surface area contributed by atoms with Crippen LogP contribution in [0.25, 0.3) is 0 Å². The van der Waals surface area contributed by atoms with Crippen molar-refractivity contribution in [3.8, 4) is 0 Å². The lowest BCUT2D eigenvalue weighted by Gasteiger charge is -2.15. The molecule has 1 atom stereocenters. The lowest BCUT2D eigenvalue weighted by molar-refractivity contribution is -0.383. The van der Waals surface area contributed by atoms with Crippen molar-refractivity contribution < 1.29 is 19.2 Å². The molecule has 0 aliphatic heterocycles. The van der Waals surface area contributed by atoms with Gasteiger partial charge in [-0.15, -0.1) is 0 Å². The van der Waals surface area contributed by atoms with Crippen LogP contribution < -0.4 is 11.1 Å². The van der Waals surface area contributed by atoms with E-state index in [1.807, 2.05) is 0 Å². The Labute approximate surface area is 151 Å². The predicted octanol–water partition coefficient (Wildman–Crippen LogP) is 2.73. The van der Waals surface area contributed by atoms with Gasteiger partial charge in [0.15, 0.2) is 6.10 Å². The molecule has 0 bridgehead atoms. The van der Waals surface area contributed by atoms with Crippen LogP contribution in [0.4, 0.5) is 11.4 Å². The molecule has 1 amide bonds. The maximum Gasteiger partial charge on any atom is 0.339 e. The van der Waals surface area contributed by atoms with E-state index in [4.69, 9.17) is 10.5 Å².